The Hall–Kier alpha value is -1.06. The van der Waals surface area contributed by atoms with Crippen LogP contribution in [-0.2, 0) is 4.74 Å². The van der Waals surface area contributed by atoms with Gasteiger partial charge in [0.25, 0.3) is 0 Å². The van der Waals surface area contributed by atoms with Gasteiger partial charge in [0.15, 0.2) is 0 Å². The van der Waals surface area contributed by atoms with E-state index in [0.29, 0.717) is 18.6 Å². The zero-order valence-corrected chi connectivity index (χ0v) is 12.0. The molecule has 0 spiro atoms. The summed E-state index contributed by atoms with van der Waals surface area (Å²) in [5, 5.41) is 3.38. The molecule has 0 saturated carbocycles. The van der Waals surface area contributed by atoms with Crippen molar-refractivity contribution in [3.8, 4) is 5.75 Å². The summed E-state index contributed by atoms with van der Waals surface area (Å²) in [7, 11) is 0. The highest BCUT2D eigenvalue weighted by atomic mass is 16.5. The molecule has 3 heteroatoms. The number of hydrogen-bond acceptors (Lipinski definition) is 3. The van der Waals surface area contributed by atoms with Gasteiger partial charge in [-0.2, -0.15) is 0 Å². The molecule has 1 atom stereocenters. The van der Waals surface area contributed by atoms with Crippen molar-refractivity contribution in [2.75, 3.05) is 26.3 Å². The Morgan fingerprint density at radius 1 is 1.32 bits per heavy atom. The van der Waals surface area contributed by atoms with Crippen LogP contribution in [0.15, 0.2) is 24.3 Å². The Morgan fingerprint density at radius 3 is 2.74 bits per heavy atom. The van der Waals surface area contributed by atoms with Crippen molar-refractivity contribution in [2.24, 2.45) is 0 Å². The summed E-state index contributed by atoms with van der Waals surface area (Å²) in [4.78, 5) is 0. The second-order valence-electron chi connectivity index (χ2n) is 5.41. The monoisotopic (exact) mass is 263 g/mol. The van der Waals surface area contributed by atoms with E-state index in [1.54, 1.807) is 0 Å². The number of rotatable bonds is 7. The molecule has 1 aromatic carbocycles. The maximum absolute atomic E-state index is 5.70. The van der Waals surface area contributed by atoms with Gasteiger partial charge in [-0.05, 0) is 36.5 Å². The van der Waals surface area contributed by atoms with Gasteiger partial charge in [-0.3, -0.25) is 0 Å². The highest BCUT2D eigenvalue weighted by molar-refractivity contribution is 5.28. The zero-order valence-electron chi connectivity index (χ0n) is 12.0. The third-order valence-electron chi connectivity index (χ3n) is 3.49. The lowest BCUT2D eigenvalue weighted by Gasteiger charge is -2.12. The first-order valence-electron chi connectivity index (χ1n) is 7.31. The second-order valence-corrected chi connectivity index (χ2v) is 5.41. The van der Waals surface area contributed by atoms with Gasteiger partial charge < -0.3 is 14.8 Å². The number of ether oxygens (including phenoxy) is 2. The van der Waals surface area contributed by atoms with Crippen molar-refractivity contribution in [2.45, 2.75) is 38.7 Å². The summed E-state index contributed by atoms with van der Waals surface area (Å²) in [5.41, 5.74) is 1.35. The van der Waals surface area contributed by atoms with Crippen molar-refractivity contribution >= 4 is 0 Å². The lowest BCUT2D eigenvalue weighted by atomic mass is 10.0. The van der Waals surface area contributed by atoms with Crippen LogP contribution in [0.25, 0.3) is 0 Å². The van der Waals surface area contributed by atoms with E-state index in [1.165, 1.54) is 18.4 Å². The highest BCUT2D eigenvalue weighted by Crippen LogP contribution is 2.18. The van der Waals surface area contributed by atoms with E-state index in [1.807, 2.05) is 0 Å². The first-order chi connectivity index (χ1) is 9.25. The molecule has 106 valence electrons. The molecule has 0 amide bonds. The molecule has 1 aromatic rings. The molecule has 1 fully saturated rings. The van der Waals surface area contributed by atoms with Gasteiger partial charge in [-0.25, -0.2) is 0 Å². The second kappa shape index (κ2) is 7.51. The maximum atomic E-state index is 5.70. The quantitative estimate of drug-likeness (QED) is 0.767. The molecule has 0 bridgehead atoms. The highest BCUT2D eigenvalue weighted by Gasteiger charge is 2.14. The predicted octanol–water partition coefficient (Wildman–Crippen LogP) is 2.96. The van der Waals surface area contributed by atoms with Crippen LogP contribution >= 0.6 is 0 Å². The van der Waals surface area contributed by atoms with Crippen LogP contribution in [0.5, 0.6) is 5.75 Å². The number of nitrogens with one attached hydrogen (secondary N) is 1. The van der Waals surface area contributed by atoms with Gasteiger partial charge in [0.05, 0.1) is 6.10 Å². The molecule has 1 aliphatic rings. The topological polar surface area (TPSA) is 30.5 Å². The number of hydrogen-bond donors (Lipinski definition) is 1. The molecule has 1 unspecified atom stereocenters. The van der Waals surface area contributed by atoms with E-state index < -0.39 is 0 Å². The zero-order chi connectivity index (χ0) is 13.5. The van der Waals surface area contributed by atoms with Gasteiger partial charge in [0.1, 0.15) is 12.4 Å². The molecule has 1 N–H and O–H groups in total. The van der Waals surface area contributed by atoms with Crippen LogP contribution in [0.1, 0.15) is 38.2 Å². The Balaban J connectivity index is 1.59. The van der Waals surface area contributed by atoms with Gasteiger partial charge >= 0.3 is 0 Å². The summed E-state index contributed by atoms with van der Waals surface area (Å²) in [5.74, 6) is 1.52. The summed E-state index contributed by atoms with van der Waals surface area (Å²) in [6.07, 6.45) is 2.79. The third kappa shape index (κ3) is 4.84. The van der Waals surface area contributed by atoms with Crippen LogP contribution in [0.2, 0.25) is 0 Å². The van der Waals surface area contributed by atoms with E-state index in [2.05, 4.69) is 43.4 Å². The molecule has 0 aromatic heterocycles. The summed E-state index contributed by atoms with van der Waals surface area (Å²) >= 11 is 0. The summed E-state index contributed by atoms with van der Waals surface area (Å²) in [6.45, 7) is 7.83. The average molecular weight is 263 g/mol. The maximum Gasteiger partial charge on any atom is 0.119 e. The van der Waals surface area contributed by atoms with Crippen molar-refractivity contribution < 1.29 is 9.47 Å². The first-order valence-corrected chi connectivity index (χ1v) is 7.31. The van der Waals surface area contributed by atoms with Crippen LogP contribution in [-0.4, -0.2) is 32.4 Å². The molecule has 3 nitrogen and oxygen atoms in total. The average Bonchev–Trinajstić information content (AvgIpc) is 2.92. The largest absolute Gasteiger partial charge is 0.492 e. The lowest BCUT2D eigenvalue weighted by molar-refractivity contribution is 0.109. The van der Waals surface area contributed by atoms with E-state index in [-0.39, 0.29) is 0 Å². The van der Waals surface area contributed by atoms with Gasteiger partial charge in [-0.15, -0.1) is 0 Å². The Morgan fingerprint density at radius 2 is 2.11 bits per heavy atom. The Labute approximate surface area is 116 Å². The Bertz CT molecular complexity index is 356. The molecular weight excluding hydrogens is 238 g/mol. The normalized spacial score (nSPS) is 19.0. The minimum absolute atomic E-state index is 0.408. The van der Waals surface area contributed by atoms with Crippen LogP contribution < -0.4 is 10.1 Å². The standard InChI is InChI=1S/C16H25NO2/c1-13(2)14-5-7-15(8-6-14)19-11-9-17-12-16-4-3-10-18-16/h5-8,13,16-17H,3-4,9-12H2,1-2H3. The summed E-state index contributed by atoms with van der Waals surface area (Å²) < 4.78 is 11.3. The fourth-order valence-corrected chi connectivity index (χ4v) is 2.26. The fraction of sp³-hybridized carbons (Fsp3) is 0.625. The Kier molecular flexibility index (Phi) is 5.67. The van der Waals surface area contributed by atoms with Crippen molar-refractivity contribution in [1.82, 2.24) is 5.32 Å². The van der Waals surface area contributed by atoms with Crippen LogP contribution in [0.3, 0.4) is 0 Å². The van der Waals surface area contributed by atoms with E-state index in [0.717, 1.165) is 25.4 Å². The molecule has 2 rings (SSSR count). The molecular formula is C16H25NO2. The van der Waals surface area contributed by atoms with Crippen molar-refractivity contribution in [3.05, 3.63) is 29.8 Å². The molecule has 1 heterocycles. The van der Waals surface area contributed by atoms with Crippen molar-refractivity contribution in [1.29, 1.82) is 0 Å². The van der Waals surface area contributed by atoms with E-state index >= 15 is 0 Å². The van der Waals surface area contributed by atoms with Gasteiger partial charge in [0.2, 0.25) is 0 Å². The molecule has 1 aliphatic heterocycles. The summed E-state index contributed by atoms with van der Waals surface area (Å²) in [6, 6.07) is 8.38. The minimum atomic E-state index is 0.408. The fourth-order valence-electron chi connectivity index (χ4n) is 2.26. The lowest BCUT2D eigenvalue weighted by Crippen LogP contribution is -2.29. The SMILES string of the molecule is CC(C)c1ccc(OCCNCC2CCCO2)cc1. The van der Waals surface area contributed by atoms with Crippen molar-refractivity contribution in [3.63, 3.8) is 0 Å². The van der Waals surface area contributed by atoms with E-state index in [9.17, 15) is 0 Å². The number of benzene rings is 1. The van der Waals surface area contributed by atoms with E-state index in [4.69, 9.17) is 9.47 Å². The third-order valence-corrected chi connectivity index (χ3v) is 3.49. The molecule has 0 aliphatic carbocycles. The van der Waals surface area contributed by atoms with Crippen LogP contribution in [0, 0.1) is 0 Å². The predicted molar refractivity (Wildman–Crippen MR) is 77.9 cm³/mol. The van der Waals surface area contributed by atoms with Gasteiger partial charge in [-0.1, -0.05) is 26.0 Å². The molecule has 19 heavy (non-hydrogen) atoms. The van der Waals surface area contributed by atoms with Gasteiger partial charge in [0, 0.05) is 19.7 Å². The molecule has 1 saturated heterocycles. The first kappa shape index (κ1) is 14.4. The smallest absolute Gasteiger partial charge is 0.119 e. The van der Waals surface area contributed by atoms with Crippen LogP contribution in [0.4, 0.5) is 0 Å². The minimum Gasteiger partial charge on any atom is -0.492 e. The molecule has 0 radical (unpaired) electrons.